The van der Waals surface area contributed by atoms with Gasteiger partial charge in [-0.2, -0.15) is 0 Å². The predicted octanol–water partition coefficient (Wildman–Crippen LogP) is 5.02. The minimum Gasteiger partial charge on any atom is -0.436 e. The minimum atomic E-state index is 0.0713. The van der Waals surface area contributed by atoms with Gasteiger partial charge in [0, 0.05) is 24.2 Å². The van der Waals surface area contributed by atoms with Crippen molar-refractivity contribution in [3.05, 3.63) is 66.4 Å². The molecule has 2 aromatic carbocycles. The van der Waals surface area contributed by atoms with E-state index >= 15 is 0 Å². The second-order valence-electron chi connectivity index (χ2n) is 6.65. The summed E-state index contributed by atoms with van der Waals surface area (Å²) in [5.74, 6) is 1.27. The van der Waals surface area contributed by atoms with Crippen molar-refractivity contribution in [3.8, 4) is 22.8 Å². The number of nitrogens with zero attached hydrogens (tertiary/aromatic N) is 2. The van der Waals surface area contributed by atoms with E-state index in [1.807, 2.05) is 59.5 Å². The SMILES string of the molecule is O=C(c1ccccc1-c1ncc(-c2ccccc2)o1)N1CCCCCC1. The van der Waals surface area contributed by atoms with E-state index < -0.39 is 0 Å². The Morgan fingerprint density at radius 1 is 0.885 bits per heavy atom. The van der Waals surface area contributed by atoms with E-state index in [-0.39, 0.29) is 5.91 Å². The molecule has 4 nitrogen and oxygen atoms in total. The Kier molecular flexibility index (Phi) is 4.82. The largest absolute Gasteiger partial charge is 0.436 e. The van der Waals surface area contributed by atoms with E-state index in [2.05, 4.69) is 4.98 Å². The lowest BCUT2D eigenvalue weighted by Gasteiger charge is -2.21. The number of rotatable bonds is 3. The number of hydrogen-bond acceptors (Lipinski definition) is 3. The van der Waals surface area contributed by atoms with Crippen LogP contribution in [-0.2, 0) is 0 Å². The summed E-state index contributed by atoms with van der Waals surface area (Å²) in [6, 6.07) is 17.5. The Bertz CT molecular complexity index is 878. The highest BCUT2D eigenvalue weighted by Crippen LogP contribution is 2.29. The number of oxazole rings is 1. The molecule has 0 saturated carbocycles. The van der Waals surface area contributed by atoms with Gasteiger partial charge < -0.3 is 9.32 Å². The third-order valence-corrected chi connectivity index (χ3v) is 4.85. The summed E-state index contributed by atoms with van der Waals surface area (Å²) in [6.07, 6.45) is 6.27. The lowest BCUT2D eigenvalue weighted by Crippen LogP contribution is -2.32. The maximum absolute atomic E-state index is 13.1. The zero-order valence-corrected chi connectivity index (χ0v) is 14.7. The molecular weight excluding hydrogens is 324 g/mol. The molecule has 0 atom stereocenters. The van der Waals surface area contributed by atoms with Crippen LogP contribution in [0.4, 0.5) is 0 Å². The van der Waals surface area contributed by atoms with Crippen LogP contribution < -0.4 is 0 Å². The van der Waals surface area contributed by atoms with Crippen molar-refractivity contribution >= 4 is 5.91 Å². The maximum Gasteiger partial charge on any atom is 0.254 e. The second-order valence-corrected chi connectivity index (χ2v) is 6.65. The average molecular weight is 346 g/mol. The normalized spacial score (nSPS) is 14.8. The molecule has 0 aliphatic carbocycles. The lowest BCUT2D eigenvalue weighted by molar-refractivity contribution is 0.0762. The van der Waals surface area contributed by atoms with Crippen LogP contribution in [0.2, 0.25) is 0 Å². The molecule has 1 aromatic heterocycles. The molecular formula is C22H22N2O2. The first-order chi connectivity index (χ1) is 12.8. The van der Waals surface area contributed by atoms with Gasteiger partial charge >= 0.3 is 0 Å². The van der Waals surface area contributed by atoms with Gasteiger partial charge in [-0.1, -0.05) is 55.3 Å². The predicted molar refractivity (Wildman–Crippen MR) is 102 cm³/mol. The monoisotopic (exact) mass is 346 g/mol. The summed E-state index contributed by atoms with van der Waals surface area (Å²) in [5.41, 5.74) is 2.39. The Balaban J connectivity index is 1.66. The summed E-state index contributed by atoms with van der Waals surface area (Å²) in [5, 5.41) is 0. The third-order valence-electron chi connectivity index (χ3n) is 4.85. The highest BCUT2D eigenvalue weighted by molar-refractivity contribution is 6.00. The topological polar surface area (TPSA) is 46.3 Å². The molecule has 0 spiro atoms. The zero-order valence-electron chi connectivity index (χ0n) is 14.7. The van der Waals surface area contributed by atoms with E-state index in [4.69, 9.17) is 4.42 Å². The first-order valence-electron chi connectivity index (χ1n) is 9.23. The zero-order chi connectivity index (χ0) is 17.8. The number of hydrogen-bond donors (Lipinski definition) is 0. The van der Waals surface area contributed by atoms with Crippen LogP contribution in [0.5, 0.6) is 0 Å². The number of likely N-dealkylation sites (tertiary alicyclic amines) is 1. The fraction of sp³-hybridized carbons (Fsp3) is 0.273. The van der Waals surface area contributed by atoms with Gasteiger partial charge in [-0.05, 0) is 25.0 Å². The van der Waals surface area contributed by atoms with E-state index in [9.17, 15) is 4.79 Å². The smallest absolute Gasteiger partial charge is 0.254 e. The van der Waals surface area contributed by atoms with Crippen molar-refractivity contribution < 1.29 is 9.21 Å². The quantitative estimate of drug-likeness (QED) is 0.668. The standard InChI is InChI=1S/C22H22N2O2/c25-22(24-14-8-1-2-9-15-24)19-13-7-6-12-18(19)21-23-16-20(26-21)17-10-4-3-5-11-17/h3-7,10-13,16H,1-2,8-9,14-15H2. The van der Waals surface area contributed by atoms with Crippen LogP contribution >= 0.6 is 0 Å². The molecule has 132 valence electrons. The van der Waals surface area contributed by atoms with Crippen molar-refractivity contribution in [1.29, 1.82) is 0 Å². The number of carbonyl (C=O) groups is 1. The summed E-state index contributed by atoms with van der Waals surface area (Å²) in [4.78, 5) is 19.5. The summed E-state index contributed by atoms with van der Waals surface area (Å²) >= 11 is 0. The highest BCUT2D eigenvalue weighted by atomic mass is 16.4. The van der Waals surface area contributed by atoms with Gasteiger partial charge in [0.2, 0.25) is 5.89 Å². The third kappa shape index (κ3) is 3.40. The van der Waals surface area contributed by atoms with Gasteiger partial charge in [-0.25, -0.2) is 4.98 Å². The van der Waals surface area contributed by atoms with Crippen molar-refractivity contribution in [2.24, 2.45) is 0 Å². The van der Waals surface area contributed by atoms with Gasteiger partial charge in [-0.3, -0.25) is 4.79 Å². The van der Waals surface area contributed by atoms with Crippen LogP contribution in [0.3, 0.4) is 0 Å². The molecule has 4 rings (SSSR count). The van der Waals surface area contributed by atoms with Crippen molar-refractivity contribution in [3.63, 3.8) is 0 Å². The van der Waals surface area contributed by atoms with E-state index in [1.54, 1.807) is 6.20 Å². The Labute approximate surface area is 153 Å². The van der Waals surface area contributed by atoms with Gasteiger partial charge in [0.05, 0.1) is 11.8 Å². The molecule has 0 N–H and O–H groups in total. The first-order valence-corrected chi connectivity index (χ1v) is 9.23. The summed E-state index contributed by atoms with van der Waals surface area (Å²) < 4.78 is 5.98. The fourth-order valence-electron chi connectivity index (χ4n) is 3.43. The van der Waals surface area contributed by atoms with Crippen LogP contribution in [0.15, 0.2) is 65.2 Å². The van der Waals surface area contributed by atoms with Crippen LogP contribution in [0.1, 0.15) is 36.0 Å². The number of benzene rings is 2. The number of amides is 1. The summed E-state index contributed by atoms with van der Waals surface area (Å²) in [6.45, 7) is 1.65. The molecule has 1 amide bonds. The molecule has 0 bridgehead atoms. The molecule has 4 heteroatoms. The van der Waals surface area contributed by atoms with Crippen LogP contribution in [0, 0.1) is 0 Å². The number of aromatic nitrogens is 1. The molecule has 0 unspecified atom stereocenters. The first kappa shape index (κ1) is 16.6. The Morgan fingerprint density at radius 3 is 2.35 bits per heavy atom. The molecule has 26 heavy (non-hydrogen) atoms. The van der Waals surface area contributed by atoms with E-state index in [0.717, 1.165) is 37.1 Å². The van der Waals surface area contributed by atoms with Gasteiger partial charge in [-0.15, -0.1) is 0 Å². The lowest BCUT2D eigenvalue weighted by atomic mass is 10.1. The number of carbonyl (C=O) groups excluding carboxylic acids is 1. The van der Waals surface area contributed by atoms with E-state index in [1.165, 1.54) is 12.8 Å². The molecule has 2 heterocycles. The Hall–Kier alpha value is -2.88. The van der Waals surface area contributed by atoms with E-state index in [0.29, 0.717) is 17.2 Å². The van der Waals surface area contributed by atoms with Crippen LogP contribution in [-0.4, -0.2) is 28.9 Å². The average Bonchev–Trinajstić information content (AvgIpc) is 3.03. The fourth-order valence-corrected chi connectivity index (χ4v) is 3.43. The van der Waals surface area contributed by atoms with Gasteiger partial charge in [0.15, 0.2) is 5.76 Å². The minimum absolute atomic E-state index is 0.0713. The van der Waals surface area contributed by atoms with Gasteiger partial charge in [0.1, 0.15) is 0 Å². The van der Waals surface area contributed by atoms with Gasteiger partial charge in [0.25, 0.3) is 5.91 Å². The molecule has 1 saturated heterocycles. The molecule has 0 radical (unpaired) electrons. The van der Waals surface area contributed by atoms with Crippen molar-refractivity contribution in [1.82, 2.24) is 9.88 Å². The molecule has 3 aromatic rings. The molecule has 1 aliphatic heterocycles. The molecule has 1 fully saturated rings. The molecule has 1 aliphatic rings. The maximum atomic E-state index is 13.1. The van der Waals surface area contributed by atoms with Crippen molar-refractivity contribution in [2.45, 2.75) is 25.7 Å². The highest BCUT2D eigenvalue weighted by Gasteiger charge is 2.22. The summed E-state index contributed by atoms with van der Waals surface area (Å²) in [7, 11) is 0. The van der Waals surface area contributed by atoms with Crippen LogP contribution in [0.25, 0.3) is 22.8 Å². The van der Waals surface area contributed by atoms with Crippen molar-refractivity contribution in [2.75, 3.05) is 13.1 Å². The second kappa shape index (κ2) is 7.56. The Morgan fingerprint density at radius 2 is 1.58 bits per heavy atom.